The summed E-state index contributed by atoms with van der Waals surface area (Å²) in [5, 5.41) is 9.00. The normalized spacial score (nSPS) is 12.1. The number of rotatable bonds is 29. The predicted octanol–water partition coefficient (Wildman–Crippen LogP) is 10.4. The van der Waals surface area contributed by atoms with Crippen LogP contribution in [0.1, 0.15) is 161 Å². The molecule has 0 amide bonds. The molecule has 0 heterocycles. The number of esters is 1. The summed E-state index contributed by atoms with van der Waals surface area (Å²) in [5.74, 6) is -1.95. The summed E-state index contributed by atoms with van der Waals surface area (Å²) in [5.41, 5.74) is 0. The van der Waals surface area contributed by atoms with Gasteiger partial charge in [0.15, 0.2) is 0 Å². The third-order valence-electron chi connectivity index (χ3n) is 7.16. The molecule has 0 aliphatic heterocycles. The molecule has 0 aliphatic rings. The van der Waals surface area contributed by atoms with E-state index in [1.165, 1.54) is 128 Å². The monoisotopic (exact) mass is 520 g/mol. The lowest BCUT2D eigenvalue weighted by molar-refractivity contribution is -0.152. The Morgan fingerprint density at radius 1 is 0.676 bits per heavy atom. The van der Waals surface area contributed by atoms with Crippen LogP contribution in [0.4, 0.5) is 0 Å². The number of ether oxygens (including phenoxy) is 1. The van der Waals surface area contributed by atoms with E-state index in [4.69, 9.17) is 9.84 Å². The van der Waals surface area contributed by atoms with E-state index >= 15 is 0 Å². The van der Waals surface area contributed by atoms with Gasteiger partial charge < -0.3 is 9.84 Å². The Bertz CT molecular complexity index is 555. The molecule has 4 nitrogen and oxygen atoms in total. The molecule has 0 saturated heterocycles. The quantitative estimate of drug-likeness (QED) is 0.0605. The molecule has 1 unspecified atom stereocenters. The zero-order valence-corrected chi connectivity index (χ0v) is 24.4. The van der Waals surface area contributed by atoms with Crippen LogP contribution in [0.5, 0.6) is 0 Å². The van der Waals surface area contributed by atoms with Gasteiger partial charge in [-0.25, -0.2) is 0 Å². The fourth-order valence-electron chi connectivity index (χ4n) is 4.83. The average Bonchev–Trinajstić information content (AvgIpc) is 2.88. The molecule has 0 spiro atoms. The van der Waals surface area contributed by atoms with Crippen molar-refractivity contribution in [2.45, 2.75) is 161 Å². The molecule has 0 rings (SSSR count). The van der Waals surface area contributed by atoms with E-state index in [1.54, 1.807) is 0 Å². The second-order valence-electron chi connectivity index (χ2n) is 10.8. The van der Waals surface area contributed by atoms with Gasteiger partial charge in [-0.2, -0.15) is 0 Å². The number of aliphatic carboxylic acids is 1. The SMILES string of the molecule is C=CCOC(=O)C(CCC/C=C/CCCCCCCCCCCCCCCCCCCCC)CC(=O)O. The molecular formula is C33H60O4. The molecule has 1 atom stereocenters. The van der Waals surface area contributed by atoms with Crippen molar-refractivity contribution in [2.24, 2.45) is 5.92 Å². The number of allylic oxidation sites excluding steroid dienone is 2. The number of carbonyl (C=O) groups excluding carboxylic acids is 1. The van der Waals surface area contributed by atoms with Crippen LogP contribution in [0, 0.1) is 5.92 Å². The van der Waals surface area contributed by atoms with Crippen molar-refractivity contribution in [3.05, 3.63) is 24.8 Å². The van der Waals surface area contributed by atoms with Crippen LogP contribution in [0.25, 0.3) is 0 Å². The zero-order valence-electron chi connectivity index (χ0n) is 24.4. The van der Waals surface area contributed by atoms with Crippen LogP contribution in [0.3, 0.4) is 0 Å². The molecule has 37 heavy (non-hydrogen) atoms. The molecule has 0 aromatic heterocycles. The average molecular weight is 521 g/mol. The highest BCUT2D eigenvalue weighted by atomic mass is 16.5. The van der Waals surface area contributed by atoms with Crippen LogP contribution >= 0.6 is 0 Å². The third kappa shape index (κ3) is 27.3. The van der Waals surface area contributed by atoms with Crippen molar-refractivity contribution in [1.29, 1.82) is 0 Å². The van der Waals surface area contributed by atoms with Crippen molar-refractivity contribution in [1.82, 2.24) is 0 Å². The zero-order chi connectivity index (χ0) is 27.2. The van der Waals surface area contributed by atoms with Gasteiger partial charge in [0, 0.05) is 0 Å². The van der Waals surface area contributed by atoms with Crippen LogP contribution in [-0.4, -0.2) is 23.7 Å². The molecule has 0 aliphatic carbocycles. The number of carboxylic acid groups (broad SMARTS) is 1. The maximum absolute atomic E-state index is 11.9. The number of hydrogen-bond acceptors (Lipinski definition) is 3. The van der Waals surface area contributed by atoms with E-state index in [-0.39, 0.29) is 13.0 Å². The second kappa shape index (κ2) is 29.0. The minimum atomic E-state index is -0.958. The second-order valence-corrected chi connectivity index (χ2v) is 10.8. The molecule has 0 aromatic rings. The smallest absolute Gasteiger partial charge is 0.309 e. The van der Waals surface area contributed by atoms with E-state index in [1.807, 2.05) is 0 Å². The Morgan fingerprint density at radius 3 is 1.49 bits per heavy atom. The largest absolute Gasteiger partial charge is 0.481 e. The Kier molecular flexibility index (Phi) is 27.7. The van der Waals surface area contributed by atoms with E-state index in [0.29, 0.717) is 6.42 Å². The maximum atomic E-state index is 11.9. The predicted molar refractivity (Wildman–Crippen MR) is 158 cm³/mol. The fraction of sp³-hybridized carbons (Fsp3) is 0.818. The number of carbonyl (C=O) groups is 2. The first kappa shape index (κ1) is 35.4. The van der Waals surface area contributed by atoms with Gasteiger partial charge in [-0.3, -0.25) is 9.59 Å². The molecule has 0 saturated carbocycles. The lowest BCUT2D eigenvalue weighted by Crippen LogP contribution is -2.21. The van der Waals surface area contributed by atoms with Crippen molar-refractivity contribution in [3.8, 4) is 0 Å². The summed E-state index contributed by atoms with van der Waals surface area (Å²) in [4.78, 5) is 22.9. The highest BCUT2D eigenvalue weighted by Gasteiger charge is 2.22. The third-order valence-corrected chi connectivity index (χ3v) is 7.16. The standard InChI is InChI=1S/C33H60O4/c1-3-5-6-7-8-9-10-11-12-13-14-15-16-17-18-19-20-21-22-23-24-25-26-27-28-31(30-32(34)35)33(36)37-29-4-2/h4,24-25,31H,2-3,5-23,26-30H2,1H3,(H,34,35)/b25-24+. The van der Waals surface area contributed by atoms with Gasteiger partial charge in [-0.1, -0.05) is 147 Å². The van der Waals surface area contributed by atoms with Gasteiger partial charge in [0.25, 0.3) is 0 Å². The van der Waals surface area contributed by atoms with Crippen LogP contribution < -0.4 is 0 Å². The van der Waals surface area contributed by atoms with E-state index in [2.05, 4.69) is 25.7 Å². The summed E-state index contributed by atoms with van der Waals surface area (Å²) in [6.45, 7) is 5.93. The number of unbranched alkanes of at least 4 members (excludes halogenated alkanes) is 20. The Balaban J connectivity index is 3.40. The molecule has 0 radical (unpaired) electrons. The minimum Gasteiger partial charge on any atom is -0.481 e. The number of carboxylic acids is 1. The van der Waals surface area contributed by atoms with Gasteiger partial charge in [0.05, 0.1) is 12.3 Å². The molecule has 0 aromatic carbocycles. The Morgan fingerprint density at radius 2 is 1.08 bits per heavy atom. The first-order valence-electron chi connectivity index (χ1n) is 15.8. The molecular weight excluding hydrogens is 460 g/mol. The van der Waals surface area contributed by atoms with Crippen molar-refractivity contribution in [3.63, 3.8) is 0 Å². The maximum Gasteiger partial charge on any atom is 0.309 e. The first-order chi connectivity index (χ1) is 18.1. The van der Waals surface area contributed by atoms with E-state index in [0.717, 1.165) is 19.3 Å². The summed E-state index contributed by atoms with van der Waals surface area (Å²) in [6.07, 6.45) is 35.7. The van der Waals surface area contributed by atoms with Crippen LogP contribution in [-0.2, 0) is 14.3 Å². The fourth-order valence-corrected chi connectivity index (χ4v) is 4.83. The molecule has 1 N–H and O–H groups in total. The van der Waals surface area contributed by atoms with Crippen LogP contribution in [0.2, 0.25) is 0 Å². The highest BCUT2D eigenvalue weighted by Crippen LogP contribution is 2.17. The summed E-state index contributed by atoms with van der Waals surface area (Å²) in [6, 6.07) is 0. The topological polar surface area (TPSA) is 63.6 Å². The van der Waals surface area contributed by atoms with Gasteiger partial charge in [0.1, 0.15) is 6.61 Å². The van der Waals surface area contributed by atoms with E-state index in [9.17, 15) is 9.59 Å². The summed E-state index contributed by atoms with van der Waals surface area (Å²) >= 11 is 0. The first-order valence-corrected chi connectivity index (χ1v) is 15.8. The lowest BCUT2D eigenvalue weighted by atomic mass is 9.98. The molecule has 216 valence electrons. The summed E-state index contributed by atoms with van der Waals surface area (Å²) in [7, 11) is 0. The van der Waals surface area contributed by atoms with Crippen molar-refractivity contribution >= 4 is 11.9 Å². The highest BCUT2D eigenvalue weighted by molar-refractivity contribution is 5.79. The Labute approximate surface area is 229 Å². The molecule has 0 bridgehead atoms. The van der Waals surface area contributed by atoms with Crippen molar-refractivity contribution in [2.75, 3.05) is 6.61 Å². The van der Waals surface area contributed by atoms with Crippen LogP contribution in [0.15, 0.2) is 24.8 Å². The van der Waals surface area contributed by atoms with Gasteiger partial charge in [-0.05, 0) is 32.1 Å². The molecule has 4 heteroatoms. The van der Waals surface area contributed by atoms with E-state index < -0.39 is 17.9 Å². The summed E-state index contributed by atoms with van der Waals surface area (Å²) < 4.78 is 5.02. The lowest BCUT2D eigenvalue weighted by Gasteiger charge is -2.12. The Hall–Kier alpha value is -1.58. The van der Waals surface area contributed by atoms with Gasteiger partial charge >= 0.3 is 11.9 Å². The molecule has 0 fully saturated rings. The van der Waals surface area contributed by atoms with Gasteiger partial charge in [-0.15, -0.1) is 0 Å². The minimum absolute atomic E-state index is 0.133. The number of hydrogen-bond donors (Lipinski definition) is 1. The van der Waals surface area contributed by atoms with Crippen molar-refractivity contribution < 1.29 is 19.4 Å². The van der Waals surface area contributed by atoms with Gasteiger partial charge in [0.2, 0.25) is 0 Å².